The number of nitriles is 1. The van der Waals surface area contributed by atoms with E-state index in [0.717, 1.165) is 55.4 Å². The standard InChI is InChI=1S/C31H35FN6O/c1-22-18-23(2)27(31(39)38-16-14-37(15-17-38)30-9-8-28(32)24(3)34-30)19-26(22)21-35-10-12-36(13-11-35)29-7-5-4-6-25(29)20-33/h4-9,18-19H,10-17,21H2,1-3H3. The molecule has 8 heteroatoms. The lowest BCUT2D eigenvalue weighted by Crippen LogP contribution is -2.49. The fourth-order valence-corrected chi connectivity index (χ4v) is 5.55. The van der Waals surface area contributed by atoms with Crippen molar-refractivity contribution in [2.24, 2.45) is 0 Å². The van der Waals surface area contributed by atoms with E-state index in [0.29, 0.717) is 37.4 Å². The highest BCUT2D eigenvalue weighted by Gasteiger charge is 2.26. The summed E-state index contributed by atoms with van der Waals surface area (Å²) in [4.78, 5) is 26.7. The molecule has 0 atom stereocenters. The molecule has 0 saturated carbocycles. The number of benzene rings is 2. The molecule has 0 radical (unpaired) electrons. The van der Waals surface area contributed by atoms with Crippen molar-refractivity contribution < 1.29 is 9.18 Å². The third-order valence-corrected chi connectivity index (χ3v) is 7.94. The normalized spacial score (nSPS) is 16.3. The number of aryl methyl sites for hydroxylation is 3. The second-order valence-electron chi connectivity index (χ2n) is 10.5. The summed E-state index contributed by atoms with van der Waals surface area (Å²) in [6.45, 7) is 12.7. The molecule has 1 aromatic heterocycles. The van der Waals surface area contributed by atoms with Crippen molar-refractivity contribution in [2.75, 3.05) is 62.2 Å². The second kappa shape index (κ2) is 11.4. The quantitative estimate of drug-likeness (QED) is 0.494. The SMILES string of the molecule is Cc1cc(C)c(C(=O)N2CCN(c3ccc(F)c(C)n3)CC2)cc1CN1CCN(c2ccccc2C#N)CC1. The van der Waals surface area contributed by atoms with Gasteiger partial charge in [0.1, 0.15) is 17.7 Å². The van der Waals surface area contributed by atoms with Gasteiger partial charge in [0, 0.05) is 64.5 Å². The van der Waals surface area contributed by atoms with Crippen LogP contribution in [0.1, 0.15) is 38.3 Å². The maximum absolute atomic E-state index is 13.6. The Morgan fingerprint density at radius 1 is 0.897 bits per heavy atom. The minimum atomic E-state index is -0.301. The largest absolute Gasteiger partial charge is 0.368 e. The summed E-state index contributed by atoms with van der Waals surface area (Å²) in [5.74, 6) is 0.519. The van der Waals surface area contributed by atoms with Gasteiger partial charge in [-0.15, -0.1) is 0 Å². The van der Waals surface area contributed by atoms with Crippen LogP contribution in [0.3, 0.4) is 0 Å². The Labute approximate surface area is 230 Å². The smallest absolute Gasteiger partial charge is 0.254 e. The van der Waals surface area contributed by atoms with Gasteiger partial charge in [-0.1, -0.05) is 18.2 Å². The van der Waals surface area contributed by atoms with Gasteiger partial charge < -0.3 is 14.7 Å². The number of halogens is 1. The monoisotopic (exact) mass is 526 g/mol. The summed E-state index contributed by atoms with van der Waals surface area (Å²) < 4.78 is 13.6. The van der Waals surface area contributed by atoms with Gasteiger partial charge in [-0.25, -0.2) is 9.37 Å². The van der Waals surface area contributed by atoms with Crippen LogP contribution in [-0.4, -0.2) is 73.0 Å². The molecule has 3 heterocycles. The van der Waals surface area contributed by atoms with E-state index in [4.69, 9.17) is 0 Å². The molecule has 5 rings (SSSR count). The van der Waals surface area contributed by atoms with Gasteiger partial charge in [0.05, 0.1) is 16.9 Å². The fraction of sp³-hybridized carbons (Fsp3) is 0.387. The Balaban J connectivity index is 1.22. The highest BCUT2D eigenvalue weighted by atomic mass is 19.1. The Morgan fingerprint density at radius 2 is 1.59 bits per heavy atom. The molecule has 2 aliphatic rings. The number of rotatable bonds is 5. The number of nitrogens with zero attached hydrogens (tertiary/aromatic N) is 6. The van der Waals surface area contributed by atoms with E-state index in [2.05, 4.69) is 44.8 Å². The van der Waals surface area contributed by atoms with E-state index < -0.39 is 0 Å². The number of pyridine rings is 1. The average molecular weight is 527 g/mol. The molecule has 1 amide bonds. The number of amides is 1. The molecule has 0 spiro atoms. The first-order valence-electron chi connectivity index (χ1n) is 13.6. The Kier molecular flexibility index (Phi) is 7.80. The number of para-hydroxylation sites is 1. The van der Waals surface area contributed by atoms with Gasteiger partial charge in [-0.3, -0.25) is 9.69 Å². The van der Waals surface area contributed by atoms with Crippen LogP contribution < -0.4 is 9.80 Å². The molecule has 3 aromatic rings. The van der Waals surface area contributed by atoms with Gasteiger partial charge in [0.2, 0.25) is 0 Å². The lowest BCUT2D eigenvalue weighted by molar-refractivity contribution is 0.0745. The average Bonchev–Trinajstić information content (AvgIpc) is 2.96. The van der Waals surface area contributed by atoms with Crippen LogP contribution in [0, 0.1) is 37.9 Å². The number of carbonyl (C=O) groups is 1. The van der Waals surface area contributed by atoms with Crippen molar-refractivity contribution in [2.45, 2.75) is 27.3 Å². The second-order valence-corrected chi connectivity index (χ2v) is 10.5. The van der Waals surface area contributed by atoms with Crippen LogP contribution in [0.2, 0.25) is 0 Å². The molecular weight excluding hydrogens is 491 g/mol. The molecule has 202 valence electrons. The van der Waals surface area contributed by atoms with Crippen LogP contribution in [0.15, 0.2) is 48.5 Å². The third kappa shape index (κ3) is 5.74. The maximum Gasteiger partial charge on any atom is 0.254 e. The van der Waals surface area contributed by atoms with E-state index >= 15 is 0 Å². The van der Waals surface area contributed by atoms with Gasteiger partial charge in [-0.2, -0.15) is 5.26 Å². The van der Waals surface area contributed by atoms with Gasteiger partial charge in [0.25, 0.3) is 5.91 Å². The zero-order valence-corrected chi connectivity index (χ0v) is 23.0. The Bertz CT molecular complexity index is 1400. The lowest BCUT2D eigenvalue weighted by Gasteiger charge is -2.37. The fourth-order valence-electron chi connectivity index (χ4n) is 5.55. The van der Waals surface area contributed by atoms with E-state index in [1.165, 1.54) is 17.2 Å². The van der Waals surface area contributed by atoms with Gasteiger partial charge in [-0.05, 0) is 67.8 Å². The van der Waals surface area contributed by atoms with E-state index in [9.17, 15) is 14.4 Å². The number of hydrogen-bond acceptors (Lipinski definition) is 6. The molecule has 2 fully saturated rings. The van der Waals surface area contributed by atoms with Crippen molar-refractivity contribution >= 4 is 17.4 Å². The van der Waals surface area contributed by atoms with Crippen molar-refractivity contribution in [1.82, 2.24) is 14.8 Å². The molecule has 7 nitrogen and oxygen atoms in total. The van der Waals surface area contributed by atoms with Crippen LogP contribution in [0.25, 0.3) is 0 Å². The van der Waals surface area contributed by atoms with Crippen molar-refractivity contribution in [3.63, 3.8) is 0 Å². The summed E-state index contributed by atoms with van der Waals surface area (Å²) in [6, 6.07) is 17.5. The summed E-state index contributed by atoms with van der Waals surface area (Å²) in [5.41, 5.74) is 6.25. The lowest BCUT2D eigenvalue weighted by atomic mass is 9.98. The zero-order chi connectivity index (χ0) is 27.5. The van der Waals surface area contributed by atoms with Crippen molar-refractivity contribution in [1.29, 1.82) is 5.26 Å². The van der Waals surface area contributed by atoms with Crippen LogP contribution >= 0.6 is 0 Å². The molecule has 2 saturated heterocycles. The van der Waals surface area contributed by atoms with E-state index in [1.807, 2.05) is 36.1 Å². The van der Waals surface area contributed by atoms with Crippen LogP contribution in [0.4, 0.5) is 15.9 Å². The maximum atomic E-state index is 13.6. The summed E-state index contributed by atoms with van der Waals surface area (Å²) >= 11 is 0. The van der Waals surface area contributed by atoms with Crippen molar-refractivity contribution in [3.8, 4) is 6.07 Å². The number of aromatic nitrogens is 1. The molecular formula is C31H35FN6O. The van der Waals surface area contributed by atoms with E-state index in [-0.39, 0.29) is 11.7 Å². The predicted molar refractivity (Wildman–Crippen MR) is 152 cm³/mol. The van der Waals surface area contributed by atoms with E-state index in [1.54, 1.807) is 13.0 Å². The third-order valence-electron chi connectivity index (χ3n) is 7.94. The Morgan fingerprint density at radius 3 is 2.28 bits per heavy atom. The van der Waals surface area contributed by atoms with Crippen molar-refractivity contribution in [3.05, 3.63) is 87.9 Å². The molecule has 2 aliphatic heterocycles. The first-order chi connectivity index (χ1) is 18.8. The highest BCUT2D eigenvalue weighted by Crippen LogP contribution is 2.24. The molecule has 0 bridgehead atoms. The summed E-state index contributed by atoms with van der Waals surface area (Å²) in [5, 5.41) is 9.46. The molecule has 2 aromatic carbocycles. The number of hydrogen-bond donors (Lipinski definition) is 0. The molecule has 39 heavy (non-hydrogen) atoms. The zero-order valence-electron chi connectivity index (χ0n) is 23.0. The van der Waals surface area contributed by atoms with Crippen LogP contribution in [0.5, 0.6) is 0 Å². The summed E-state index contributed by atoms with van der Waals surface area (Å²) in [7, 11) is 0. The number of piperazine rings is 2. The first kappa shape index (κ1) is 26.6. The first-order valence-corrected chi connectivity index (χ1v) is 13.6. The predicted octanol–water partition coefficient (Wildman–Crippen LogP) is 4.30. The van der Waals surface area contributed by atoms with Gasteiger partial charge in [0.15, 0.2) is 0 Å². The minimum Gasteiger partial charge on any atom is -0.368 e. The molecule has 0 N–H and O–H groups in total. The summed E-state index contributed by atoms with van der Waals surface area (Å²) in [6.07, 6.45) is 0. The van der Waals surface area contributed by atoms with Gasteiger partial charge >= 0.3 is 0 Å². The Hall–Kier alpha value is -3.96. The number of carbonyl (C=O) groups excluding carboxylic acids is 1. The minimum absolute atomic E-state index is 0.0644. The molecule has 0 unspecified atom stereocenters. The topological polar surface area (TPSA) is 66.7 Å². The highest BCUT2D eigenvalue weighted by molar-refractivity contribution is 5.96. The number of anilines is 2. The van der Waals surface area contributed by atoms with Crippen LogP contribution in [-0.2, 0) is 6.54 Å². The molecule has 0 aliphatic carbocycles.